The molecule has 0 fully saturated rings. The van der Waals surface area contributed by atoms with E-state index in [1.165, 1.54) is 11.3 Å². The summed E-state index contributed by atoms with van der Waals surface area (Å²) in [5.74, 6) is -0.106. The highest BCUT2D eigenvalue weighted by Crippen LogP contribution is 2.27. The van der Waals surface area contributed by atoms with Crippen LogP contribution in [-0.4, -0.2) is 61.0 Å². The number of rotatable bonds is 8. The van der Waals surface area contributed by atoms with E-state index in [4.69, 9.17) is 4.74 Å². The third kappa shape index (κ3) is 4.31. The van der Waals surface area contributed by atoms with E-state index in [2.05, 4.69) is 46.5 Å². The van der Waals surface area contributed by atoms with Gasteiger partial charge in [-0.1, -0.05) is 17.7 Å². The minimum absolute atomic E-state index is 0.106. The molecule has 1 aromatic heterocycles. The molecule has 0 radical (unpaired) electrons. The molecular formula is C20H28N4O2. The standard InChI is InChI=1S/C20H28N4O2/c1-15-7-9-16(10-8-15)24-18-6-4-5-17(18)19(22-24)20(25)21-11-13-26-14-12-23(2)3/h7-10H,4-6,11-14H2,1-3H3,(H,21,25). The van der Waals surface area contributed by atoms with E-state index in [1.807, 2.05) is 18.8 Å². The lowest BCUT2D eigenvalue weighted by atomic mass is 10.2. The van der Waals surface area contributed by atoms with Crippen LogP contribution in [0.25, 0.3) is 5.69 Å². The van der Waals surface area contributed by atoms with E-state index in [9.17, 15) is 4.79 Å². The molecule has 1 aliphatic carbocycles. The lowest BCUT2D eigenvalue weighted by Gasteiger charge is -2.10. The van der Waals surface area contributed by atoms with Crippen molar-refractivity contribution < 1.29 is 9.53 Å². The van der Waals surface area contributed by atoms with E-state index >= 15 is 0 Å². The number of likely N-dealkylation sites (N-methyl/N-ethyl adjacent to an activating group) is 1. The predicted octanol–water partition coefficient (Wildman–Crippen LogP) is 1.98. The normalized spacial score (nSPS) is 13.2. The molecule has 0 bridgehead atoms. The van der Waals surface area contributed by atoms with Gasteiger partial charge in [0.1, 0.15) is 0 Å². The Kier molecular flexibility index (Phi) is 6.06. The first-order chi connectivity index (χ1) is 12.6. The maximum Gasteiger partial charge on any atom is 0.272 e. The lowest BCUT2D eigenvalue weighted by molar-refractivity contribution is 0.0894. The smallest absolute Gasteiger partial charge is 0.272 e. The Morgan fingerprint density at radius 2 is 2.00 bits per heavy atom. The zero-order valence-corrected chi connectivity index (χ0v) is 15.9. The number of amides is 1. The second-order valence-corrected chi connectivity index (χ2v) is 7.05. The maximum atomic E-state index is 12.6. The fourth-order valence-electron chi connectivity index (χ4n) is 3.19. The van der Waals surface area contributed by atoms with Gasteiger partial charge < -0.3 is 15.0 Å². The van der Waals surface area contributed by atoms with Gasteiger partial charge in [0.2, 0.25) is 0 Å². The SMILES string of the molecule is Cc1ccc(-n2nc(C(=O)NCCOCCN(C)C)c3c2CCC3)cc1. The third-order valence-electron chi connectivity index (χ3n) is 4.64. The number of benzene rings is 1. The number of ether oxygens (including phenoxy) is 1. The lowest BCUT2D eigenvalue weighted by Crippen LogP contribution is -2.29. The Balaban J connectivity index is 1.64. The van der Waals surface area contributed by atoms with Crippen molar-refractivity contribution in [3.05, 3.63) is 46.8 Å². The van der Waals surface area contributed by atoms with Crippen LogP contribution in [0.15, 0.2) is 24.3 Å². The minimum Gasteiger partial charge on any atom is -0.378 e. The fourth-order valence-corrected chi connectivity index (χ4v) is 3.19. The van der Waals surface area contributed by atoms with Crippen molar-refractivity contribution in [1.29, 1.82) is 0 Å². The van der Waals surface area contributed by atoms with Crippen LogP contribution in [-0.2, 0) is 17.6 Å². The van der Waals surface area contributed by atoms with Gasteiger partial charge in [0.05, 0.1) is 18.9 Å². The van der Waals surface area contributed by atoms with E-state index < -0.39 is 0 Å². The van der Waals surface area contributed by atoms with Crippen LogP contribution in [0, 0.1) is 6.92 Å². The van der Waals surface area contributed by atoms with Crippen LogP contribution >= 0.6 is 0 Å². The van der Waals surface area contributed by atoms with Gasteiger partial charge in [-0.3, -0.25) is 4.79 Å². The van der Waals surface area contributed by atoms with Crippen molar-refractivity contribution in [2.75, 3.05) is 40.4 Å². The number of carbonyl (C=O) groups is 1. The molecule has 2 aromatic rings. The summed E-state index contributed by atoms with van der Waals surface area (Å²) in [6, 6.07) is 8.26. The summed E-state index contributed by atoms with van der Waals surface area (Å²) in [4.78, 5) is 14.7. The number of carbonyl (C=O) groups excluding carboxylic acids is 1. The Hall–Kier alpha value is -2.18. The van der Waals surface area contributed by atoms with Crippen molar-refractivity contribution in [3.63, 3.8) is 0 Å². The Morgan fingerprint density at radius 3 is 2.73 bits per heavy atom. The van der Waals surface area contributed by atoms with E-state index in [0.29, 0.717) is 25.5 Å². The van der Waals surface area contributed by atoms with E-state index in [-0.39, 0.29) is 5.91 Å². The summed E-state index contributed by atoms with van der Waals surface area (Å²) in [5, 5.41) is 7.56. The summed E-state index contributed by atoms with van der Waals surface area (Å²) in [7, 11) is 4.02. The predicted molar refractivity (Wildman–Crippen MR) is 102 cm³/mol. The molecule has 6 heteroatoms. The number of nitrogens with zero attached hydrogens (tertiary/aromatic N) is 3. The number of aryl methyl sites for hydroxylation is 1. The summed E-state index contributed by atoms with van der Waals surface area (Å²) < 4.78 is 7.46. The molecule has 1 heterocycles. The van der Waals surface area contributed by atoms with Gasteiger partial charge in [-0.05, 0) is 52.4 Å². The second kappa shape index (κ2) is 8.47. The number of fused-ring (bicyclic) bond motifs is 1. The molecule has 140 valence electrons. The first-order valence-electron chi connectivity index (χ1n) is 9.24. The molecule has 1 amide bonds. The molecule has 3 rings (SSSR count). The van der Waals surface area contributed by atoms with Crippen LogP contribution in [0.2, 0.25) is 0 Å². The molecule has 0 saturated heterocycles. The monoisotopic (exact) mass is 356 g/mol. The Labute approximate surface area is 155 Å². The zero-order valence-electron chi connectivity index (χ0n) is 15.9. The molecule has 0 saturated carbocycles. The Morgan fingerprint density at radius 1 is 1.23 bits per heavy atom. The fraction of sp³-hybridized carbons (Fsp3) is 0.500. The largest absolute Gasteiger partial charge is 0.378 e. The highest BCUT2D eigenvalue weighted by molar-refractivity contribution is 5.94. The first-order valence-corrected chi connectivity index (χ1v) is 9.24. The Bertz CT molecular complexity index is 750. The van der Waals surface area contributed by atoms with Crippen LogP contribution in [0.4, 0.5) is 0 Å². The van der Waals surface area contributed by atoms with Gasteiger partial charge in [0.25, 0.3) is 5.91 Å². The van der Waals surface area contributed by atoms with Crippen molar-refractivity contribution in [1.82, 2.24) is 20.0 Å². The van der Waals surface area contributed by atoms with E-state index in [1.54, 1.807) is 0 Å². The summed E-state index contributed by atoms with van der Waals surface area (Å²) in [5.41, 5.74) is 5.05. The molecule has 1 aromatic carbocycles. The second-order valence-electron chi connectivity index (χ2n) is 7.05. The third-order valence-corrected chi connectivity index (χ3v) is 4.64. The van der Waals surface area contributed by atoms with Crippen LogP contribution < -0.4 is 5.32 Å². The minimum atomic E-state index is -0.106. The van der Waals surface area contributed by atoms with Gasteiger partial charge in [-0.15, -0.1) is 0 Å². The number of hydrogen-bond acceptors (Lipinski definition) is 4. The maximum absolute atomic E-state index is 12.6. The van der Waals surface area contributed by atoms with Crippen molar-refractivity contribution in [3.8, 4) is 5.69 Å². The van der Waals surface area contributed by atoms with Crippen molar-refractivity contribution in [2.24, 2.45) is 0 Å². The number of aromatic nitrogens is 2. The topological polar surface area (TPSA) is 59.4 Å². The molecular weight excluding hydrogens is 328 g/mol. The number of nitrogens with one attached hydrogen (secondary N) is 1. The quantitative estimate of drug-likeness (QED) is 0.735. The average molecular weight is 356 g/mol. The summed E-state index contributed by atoms with van der Waals surface area (Å²) in [6.45, 7) is 4.62. The molecule has 1 aliphatic rings. The van der Waals surface area contributed by atoms with Crippen molar-refractivity contribution in [2.45, 2.75) is 26.2 Å². The molecule has 0 unspecified atom stereocenters. The molecule has 0 spiro atoms. The van der Waals surface area contributed by atoms with E-state index in [0.717, 1.165) is 37.1 Å². The number of hydrogen-bond donors (Lipinski definition) is 1. The highest BCUT2D eigenvalue weighted by atomic mass is 16.5. The van der Waals surface area contributed by atoms with Gasteiger partial charge in [0.15, 0.2) is 5.69 Å². The summed E-state index contributed by atoms with van der Waals surface area (Å²) in [6.07, 6.45) is 2.97. The molecule has 6 nitrogen and oxygen atoms in total. The van der Waals surface area contributed by atoms with Crippen LogP contribution in [0.1, 0.15) is 33.7 Å². The molecule has 0 aliphatic heterocycles. The average Bonchev–Trinajstić information content (AvgIpc) is 3.21. The zero-order chi connectivity index (χ0) is 18.5. The van der Waals surface area contributed by atoms with Crippen molar-refractivity contribution >= 4 is 5.91 Å². The summed E-state index contributed by atoms with van der Waals surface area (Å²) >= 11 is 0. The molecule has 0 atom stereocenters. The molecule has 26 heavy (non-hydrogen) atoms. The highest BCUT2D eigenvalue weighted by Gasteiger charge is 2.26. The molecule has 1 N–H and O–H groups in total. The van der Waals surface area contributed by atoms with Gasteiger partial charge in [-0.2, -0.15) is 5.10 Å². The van der Waals surface area contributed by atoms with Gasteiger partial charge in [0, 0.05) is 24.3 Å². The van der Waals surface area contributed by atoms with Crippen LogP contribution in [0.3, 0.4) is 0 Å². The van der Waals surface area contributed by atoms with Crippen LogP contribution in [0.5, 0.6) is 0 Å². The van der Waals surface area contributed by atoms with Gasteiger partial charge in [-0.25, -0.2) is 4.68 Å². The van der Waals surface area contributed by atoms with Gasteiger partial charge >= 0.3 is 0 Å². The first kappa shape index (κ1) is 18.6.